The van der Waals surface area contributed by atoms with Crippen LogP contribution in [-0.2, 0) is 24.4 Å². The Bertz CT molecular complexity index is 1530. The van der Waals surface area contributed by atoms with Crippen molar-refractivity contribution in [2.75, 3.05) is 0 Å². The molecule has 2 amide bonds. The first-order chi connectivity index (χ1) is 17.3. The number of benzene rings is 2. The number of carbonyl (C=O) groups excluding carboxylic acids is 2. The van der Waals surface area contributed by atoms with Gasteiger partial charge in [-0.25, -0.2) is 14.3 Å². The zero-order chi connectivity index (χ0) is 25.8. The summed E-state index contributed by atoms with van der Waals surface area (Å²) >= 11 is 0. The van der Waals surface area contributed by atoms with E-state index in [1.807, 2.05) is 44.2 Å². The van der Waals surface area contributed by atoms with Crippen molar-refractivity contribution in [3.05, 3.63) is 92.9 Å². The summed E-state index contributed by atoms with van der Waals surface area (Å²) in [6.45, 7) is 4.01. The fourth-order valence-corrected chi connectivity index (χ4v) is 3.86. The normalized spacial score (nSPS) is 11.1. The van der Waals surface area contributed by atoms with Gasteiger partial charge in [0.2, 0.25) is 0 Å². The van der Waals surface area contributed by atoms with Crippen molar-refractivity contribution in [1.29, 1.82) is 0 Å². The highest BCUT2D eigenvalue weighted by molar-refractivity contribution is 5.97. The monoisotopic (exact) mass is 490 g/mol. The fourth-order valence-electron chi connectivity index (χ4n) is 3.86. The van der Waals surface area contributed by atoms with Crippen LogP contribution in [0.15, 0.2) is 70.5 Å². The van der Waals surface area contributed by atoms with E-state index in [-0.39, 0.29) is 34.9 Å². The van der Waals surface area contributed by atoms with E-state index in [9.17, 15) is 24.3 Å². The minimum Gasteiger partial charge on any atom is -0.507 e. The molecule has 186 valence electrons. The molecule has 2 aromatic heterocycles. The number of rotatable bonds is 7. The van der Waals surface area contributed by atoms with E-state index < -0.39 is 29.6 Å². The number of hydrogen-bond acceptors (Lipinski definition) is 6. The molecule has 11 heteroatoms. The van der Waals surface area contributed by atoms with Gasteiger partial charge in [-0.15, -0.1) is 0 Å². The summed E-state index contributed by atoms with van der Waals surface area (Å²) in [5.74, 6) is -1.59. The maximum atomic E-state index is 13.4. The molecule has 0 aliphatic rings. The summed E-state index contributed by atoms with van der Waals surface area (Å²) in [7, 11) is 0. The maximum absolute atomic E-state index is 13.4. The quantitative estimate of drug-likeness (QED) is 0.333. The van der Waals surface area contributed by atoms with Crippen LogP contribution in [0.5, 0.6) is 5.75 Å². The van der Waals surface area contributed by atoms with Crippen molar-refractivity contribution in [2.24, 2.45) is 5.92 Å². The standard InChI is InChI=1S/C25H26N6O5/c1-16(2)12-29-15-26-22-21(29)24(35)31(25(36)30(22)13-17-8-4-3-5-9-17)14-20(33)27-28-23(34)18-10-6-7-11-19(18)32/h3-11,15-16,32H,12-14H2,1-2H3,(H,27,33)(H,28,34). The molecule has 3 N–H and O–H groups in total. The highest BCUT2D eigenvalue weighted by Crippen LogP contribution is 2.15. The van der Waals surface area contributed by atoms with Crippen molar-refractivity contribution >= 4 is 23.0 Å². The SMILES string of the molecule is CC(C)Cn1cnc2c1c(=O)n(CC(=O)NNC(=O)c1ccccc1O)c(=O)n2Cc1ccccc1. The Balaban J connectivity index is 1.67. The van der Waals surface area contributed by atoms with E-state index in [1.165, 1.54) is 23.0 Å². The Kier molecular flexibility index (Phi) is 7.00. The second kappa shape index (κ2) is 10.3. The second-order valence-electron chi connectivity index (χ2n) is 8.73. The number of phenolic OH excluding ortho intramolecular Hbond substituents is 1. The highest BCUT2D eigenvalue weighted by atomic mass is 16.3. The number of imidazole rings is 1. The molecule has 36 heavy (non-hydrogen) atoms. The number of hydrazine groups is 1. The van der Waals surface area contributed by atoms with E-state index in [1.54, 1.807) is 16.7 Å². The van der Waals surface area contributed by atoms with E-state index in [0.29, 0.717) is 6.54 Å². The number of para-hydroxylation sites is 1. The zero-order valence-electron chi connectivity index (χ0n) is 19.8. The minimum absolute atomic E-state index is 0.0424. The second-order valence-corrected chi connectivity index (χ2v) is 8.73. The summed E-state index contributed by atoms with van der Waals surface area (Å²) in [4.78, 5) is 55.9. The predicted octanol–water partition coefficient (Wildman–Crippen LogP) is 1.23. The third kappa shape index (κ3) is 5.04. The summed E-state index contributed by atoms with van der Waals surface area (Å²) in [5, 5.41) is 9.80. The van der Waals surface area contributed by atoms with Crippen molar-refractivity contribution in [3.8, 4) is 5.75 Å². The lowest BCUT2D eigenvalue weighted by Gasteiger charge is -2.14. The van der Waals surface area contributed by atoms with Gasteiger partial charge in [0.15, 0.2) is 11.2 Å². The number of fused-ring (bicyclic) bond motifs is 1. The minimum atomic E-state index is -0.793. The van der Waals surface area contributed by atoms with Crippen LogP contribution in [0.25, 0.3) is 11.2 Å². The number of nitrogens with zero attached hydrogens (tertiary/aromatic N) is 4. The van der Waals surface area contributed by atoms with Crippen LogP contribution in [0.3, 0.4) is 0 Å². The summed E-state index contributed by atoms with van der Waals surface area (Å²) in [5.41, 5.74) is 4.25. The van der Waals surface area contributed by atoms with Gasteiger partial charge in [0.25, 0.3) is 17.4 Å². The average molecular weight is 491 g/mol. The van der Waals surface area contributed by atoms with Gasteiger partial charge in [-0.05, 0) is 23.6 Å². The zero-order valence-corrected chi connectivity index (χ0v) is 19.8. The van der Waals surface area contributed by atoms with E-state index in [2.05, 4.69) is 15.8 Å². The molecule has 2 heterocycles. The Morgan fingerprint density at radius 1 is 0.972 bits per heavy atom. The molecule has 11 nitrogen and oxygen atoms in total. The Morgan fingerprint density at radius 2 is 1.67 bits per heavy atom. The van der Waals surface area contributed by atoms with E-state index in [0.717, 1.165) is 10.1 Å². The van der Waals surface area contributed by atoms with Crippen LogP contribution in [0, 0.1) is 5.92 Å². The molecular weight excluding hydrogens is 464 g/mol. The van der Waals surface area contributed by atoms with E-state index >= 15 is 0 Å². The van der Waals surface area contributed by atoms with Crippen molar-refractivity contribution in [1.82, 2.24) is 29.5 Å². The molecule has 0 atom stereocenters. The van der Waals surface area contributed by atoms with Crippen molar-refractivity contribution in [2.45, 2.75) is 33.5 Å². The number of hydrogen-bond donors (Lipinski definition) is 3. The van der Waals surface area contributed by atoms with Crippen LogP contribution >= 0.6 is 0 Å². The molecule has 0 saturated carbocycles. The molecule has 0 unspecified atom stereocenters. The lowest BCUT2D eigenvalue weighted by molar-refractivity contribution is -0.122. The molecule has 0 fully saturated rings. The topological polar surface area (TPSA) is 140 Å². The first kappa shape index (κ1) is 24.5. The molecule has 0 bridgehead atoms. The number of carbonyl (C=O) groups is 2. The number of nitrogens with one attached hydrogen (secondary N) is 2. The van der Waals surface area contributed by atoms with Gasteiger partial charge in [0.05, 0.1) is 18.4 Å². The van der Waals surface area contributed by atoms with Gasteiger partial charge in [0, 0.05) is 6.54 Å². The van der Waals surface area contributed by atoms with Gasteiger partial charge in [-0.1, -0.05) is 56.3 Å². The third-order valence-electron chi connectivity index (χ3n) is 5.49. The van der Waals surface area contributed by atoms with Gasteiger partial charge < -0.3 is 9.67 Å². The van der Waals surface area contributed by atoms with Crippen LogP contribution < -0.4 is 22.1 Å². The van der Waals surface area contributed by atoms with Gasteiger partial charge in [0.1, 0.15) is 12.3 Å². The van der Waals surface area contributed by atoms with Crippen LogP contribution in [0.2, 0.25) is 0 Å². The third-order valence-corrected chi connectivity index (χ3v) is 5.49. The lowest BCUT2D eigenvalue weighted by Crippen LogP contribution is -2.48. The first-order valence-corrected chi connectivity index (χ1v) is 11.4. The summed E-state index contributed by atoms with van der Waals surface area (Å²) in [6, 6.07) is 15.1. The molecular formula is C25H26N6O5. The fraction of sp³-hybridized carbons (Fsp3) is 0.240. The smallest absolute Gasteiger partial charge is 0.333 e. The Labute approximate surface area is 205 Å². The number of aromatic nitrogens is 4. The van der Waals surface area contributed by atoms with Gasteiger partial charge in [-0.2, -0.15) is 0 Å². The average Bonchev–Trinajstić information content (AvgIpc) is 3.26. The van der Waals surface area contributed by atoms with Crippen LogP contribution in [0.4, 0.5) is 0 Å². The molecule has 0 aliphatic carbocycles. The largest absolute Gasteiger partial charge is 0.507 e. The molecule has 0 saturated heterocycles. The van der Waals surface area contributed by atoms with Gasteiger partial charge >= 0.3 is 5.69 Å². The number of phenols is 1. The number of aromatic hydroxyl groups is 1. The molecule has 0 aliphatic heterocycles. The highest BCUT2D eigenvalue weighted by Gasteiger charge is 2.21. The first-order valence-electron chi connectivity index (χ1n) is 11.4. The summed E-state index contributed by atoms with van der Waals surface area (Å²) < 4.78 is 3.86. The molecule has 4 rings (SSSR count). The predicted molar refractivity (Wildman–Crippen MR) is 132 cm³/mol. The number of amides is 2. The molecule has 0 radical (unpaired) electrons. The molecule has 2 aromatic carbocycles. The van der Waals surface area contributed by atoms with Gasteiger partial charge in [-0.3, -0.25) is 29.8 Å². The lowest BCUT2D eigenvalue weighted by atomic mass is 10.2. The van der Waals surface area contributed by atoms with Crippen LogP contribution in [-0.4, -0.2) is 35.6 Å². The Morgan fingerprint density at radius 3 is 2.36 bits per heavy atom. The van der Waals surface area contributed by atoms with Crippen molar-refractivity contribution < 1.29 is 14.7 Å². The maximum Gasteiger partial charge on any atom is 0.333 e. The van der Waals surface area contributed by atoms with E-state index in [4.69, 9.17) is 0 Å². The summed E-state index contributed by atoms with van der Waals surface area (Å²) in [6.07, 6.45) is 1.52. The van der Waals surface area contributed by atoms with Crippen LogP contribution in [0.1, 0.15) is 29.8 Å². The van der Waals surface area contributed by atoms with Crippen molar-refractivity contribution in [3.63, 3.8) is 0 Å². The Hall–Kier alpha value is -4.67. The molecule has 4 aromatic rings. The molecule has 0 spiro atoms.